The molecule has 0 bridgehead atoms. The van der Waals surface area contributed by atoms with E-state index in [9.17, 15) is 24.0 Å². The van der Waals surface area contributed by atoms with Gasteiger partial charge in [-0.1, -0.05) is 62.2 Å². The number of nitrogens with one attached hydrogen (secondary N) is 2. The lowest BCUT2D eigenvalue weighted by Gasteiger charge is -2.24. The van der Waals surface area contributed by atoms with Crippen LogP contribution in [0, 0.1) is 0 Å². The highest BCUT2D eigenvalue weighted by Gasteiger charge is 2.24. The summed E-state index contributed by atoms with van der Waals surface area (Å²) in [6, 6.07) is 8.82. The Morgan fingerprint density at radius 2 is 1.80 bits per heavy atom. The van der Waals surface area contributed by atoms with Crippen molar-refractivity contribution < 1.29 is 23.9 Å². The lowest BCUT2D eigenvalue weighted by atomic mass is 10.0. The van der Waals surface area contributed by atoms with Crippen LogP contribution in [0.5, 0.6) is 0 Å². The molecule has 2 aromatic rings. The fourth-order valence-corrected chi connectivity index (χ4v) is 4.23. The molecule has 2 N–H and O–H groups in total. The van der Waals surface area contributed by atoms with Gasteiger partial charge >= 0.3 is 6.09 Å². The monoisotopic (exact) mass is 548 g/mol. The first-order valence-corrected chi connectivity index (χ1v) is 13.4. The van der Waals surface area contributed by atoms with Crippen LogP contribution in [0.3, 0.4) is 0 Å². The molecule has 1 aromatic carbocycles. The number of aromatic nitrogens is 2. The van der Waals surface area contributed by atoms with Crippen LogP contribution in [0.4, 0.5) is 10.5 Å². The molecule has 1 unspecified atom stereocenters. The van der Waals surface area contributed by atoms with Crippen molar-refractivity contribution in [2.75, 3.05) is 11.9 Å². The highest BCUT2D eigenvalue weighted by atomic mass is 16.6. The Balaban J connectivity index is 1.88. The first kappa shape index (κ1) is 30.2. The topological polar surface area (TPSA) is 136 Å². The summed E-state index contributed by atoms with van der Waals surface area (Å²) in [4.78, 5) is 67.1. The Kier molecular flexibility index (Phi) is 10.3. The number of unbranched alkanes of at least 4 members (excludes halogenated alkanes) is 1. The minimum absolute atomic E-state index is 0.0275. The summed E-state index contributed by atoms with van der Waals surface area (Å²) in [7, 11) is 0. The molecular weight excluding hydrogens is 512 g/mol. The van der Waals surface area contributed by atoms with E-state index in [0.29, 0.717) is 18.7 Å². The van der Waals surface area contributed by atoms with Gasteiger partial charge in [-0.25, -0.2) is 9.78 Å². The second-order valence-electron chi connectivity index (χ2n) is 10.5. The molecule has 0 aliphatic heterocycles. The third-order valence-electron chi connectivity index (χ3n) is 6.16. The van der Waals surface area contributed by atoms with Gasteiger partial charge in [0.05, 0.1) is 6.20 Å². The Morgan fingerprint density at radius 1 is 1.07 bits per heavy atom. The van der Waals surface area contributed by atoms with E-state index in [2.05, 4.69) is 15.6 Å². The molecule has 1 aliphatic carbocycles. The Labute approximate surface area is 233 Å². The fraction of sp³-hybridized carbons (Fsp3) is 0.400. The number of rotatable bonds is 11. The summed E-state index contributed by atoms with van der Waals surface area (Å²) in [5.41, 5.74) is -0.296. The number of carbonyl (C=O) groups excluding carboxylic acids is 4. The second-order valence-corrected chi connectivity index (χ2v) is 10.5. The molecule has 0 spiro atoms. The molecule has 0 fully saturated rings. The standard InChI is InChI=1S/C30H36N4O6/c1-5-6-14-22(16-17-25(36)31-18-21-13-10-15-24(35)26(21)37)34-27(20-11-8-7-9-12-20)32-19-23(28(34)38)33-29(39)40-30(2,3)4/h7-13,15,19,22H,5-6,14,16-18H2,1-4H3,(H,31,36)(H,33,39). The molecule has 2 amide bonds. The van der Waals surface area contributed by atoms with Crippen LogP contribution < -0.4 is 16.2 Å². The van der Waals surface area contributed by atoms with E-state index >= 15 is 0 Å². The summed E-state index contributed by atoms with van der Waals surface area (Å²) in [5.74, 6) is -1.15. The highest BCUT2D eigenvalue weighted by Crippen LogP contribution is 2.26. The van der Waals surface area contributed by atoms with Gasteiger partial charge in [-0.2, -0.15) is 0 Å². The molecule has 212 valence electrons. The maximum Gasteiger partial charge on any atom is 0.412 e. The van der Waals surface area contributed by atoms with Crippen molar-refractivity contribution in [1.82, 2.24) is 14.9 Å². The minimum atomic E-state index is -0.769. The van der Waals surface area contributed by atoms with Crippen molar-refractivity contribution in [3.05, 3.63) is 70.7 Å². The average Bonchev–Trinajstić information content (AvgIpc) is 2.90. The number of amides is 2. The van der Waals surface area contributed by atoms with Gasteiger partial charge in [0.2, 0.25) is 17.5 Å². The average molecular weight is 549 g/mol. The predicted molar refractivity (Wildman–Crippen MR) is 152 cm³/mol. The number of ether oxygens (including phenoxy) is 1. The number of hydrogen-bond donors (Lipinski definition) is 2. The number of benzene rings is 1. The van der Waals surface area contributed by atoms with E-state index in [0.717, 1.165) is 18.4 Å². The van der Waals surface area contributed by atoms with Crippen LogP contribution in [0.2, 0.25) is 0 Å². The molecule has 1 atom stereocenters. The molecule has 0 saturated carbocycles. The SMILES string of the molecule is CCCCC(CCC(=O)NCC1=CC=CC(=O)C1=O)n1c(-c2ccccc2)ncc(NC(=O)OC(C)(C)C)c1=O. The quantitative estimate of drug-likeness (QED) is 0.311. The maximum absolute atomic E-state index is 13.8. The minimum Gasteiger partial charge on any atom is -0.444 e. The van der Waals surface area contributed by atoms with Gasteiger partial charge in [0.15, 0.2) is 0 Å². The van der Waals surface area contributed by atoms with E-state index in [-0.39, 0.29) is 30.1 Å². The van der Waals surface area contributed by atoms with Gasteiger partial charge in [-0.3, -0.25) is 29.1 Å². The van der Waals surface area contributed by atoms with E-state index < -0.39 is 34.9 Å². The zero-order valence-corrected chi connectivity index (χ0v) is 23.4. The number of Topliss-reactive ketones (excluding diaryl/α,β-unsaturated/α-hetero) is 1. The van der Waals surface area contributed by atoms with Gasteiger partial charge in [-0.05, 0) is 39.7 Å². The lowest BCUT2D eigenvalue weighted by Crippen LogP contribution is -2.34. The van der Waals surface area contributed by atoms with Gasteiger partial charge in [0.1, 0.15) is 17.1 Å². The summed E-state index contributed by atoms with van der Waals surface area (Å²) < 4.78 is 6.86. The zero-order valence-electron chi connectivity index (χ0n) is 23.4. The number of nitrogens with zero attached hydrogens (tertiary/aromatic N) is 2. The van der Waals surface area contributed by atoms with Crippen LogP contribution in [0.25, 0.3) is 11.4 Å². The number of anilines is 1. The van der Waals surface area contributed by atoms with Gasteiger partial charge < -0.3 is 10.1 Å². The Bertz CT molecular complexity index is 1370. The molecule has 0 saturated heterocycles. The van der Waals surface area contributed by atoms with Crippen molar-refractivity contribution in [2.24, 2.45) is 0 Å². The number of ketones is 2. The van der Waals surface area contributed by atoms with E-state index in [4.69, 9.17) is 4.74 Å². The normalized spacial score (nSPS) is 13.9. The molecular formula is C30H36N4O6. The summed E-state index contributed by atoms with van der Waals surface area (Å²) in [5, 5.41) is 5.21. The maximum atomic E-state index is 13.8. The fourth-order valence-electron chi connectivity index (χ4n) is 4.23. The Hall–Kier alpha value is -4.34. The van der Waals surface area contributed by atoms with Crippen LogP contribution in [0.1, 0.15) is 65.8 Å². The van der Waals surface area contributed by atoms with Crippen molar-refractivity contribution in [3.63, 3.8) is 0 Å². The van der Waals surface area contributed by atoms with Crippen LogP contribution in [-0.2, 0) is 19.1 Å². The molecule has 1 aromatic heterocycles. The lowest BCUT2D eigenvalue weighted by molar-refractivity contribution is -0.131. The van der Waals surface area contributed by atoms with Crippen LogP contribution >= 0.6 is 0 Å². The molecule has 1 heterocycles. The Morgan fingerprint density at radius 3 is 2.48 bits per heavy atom. The molecule has 10 heteroatoms. The largest absolute Gasteiger partial charge is 0.444 e. The van der Waals surface area contributed by atoms with Gasteiger partial charge in [0, 0.05) is 30.1 Å². The van der Waals surface area contributed by atoms with Crippen molar-refractivity contribution in [2.45, 2.75) is 71.4 Å². The highest BCUT2D eigenvalue weighted by molar-refractivity contribution is 6.48. The molecule has 3 rings (SSSR count). The van der Waals surface area contributed by atoms with Crippen molar-refractivity contribution in [3.8, 4) is 11.4 Å². The predicted octanol–water partition coefficient (Wildman–Crippen LogP) is 4.52. The van der Waals surface area contributed by atoms with E-state index in [1.54, 1.807) is 25.3 Å². The van der Waals surface area contributed by atoms with Crippen LogP contribution in [-0.4, -0.2) is 45.3 Å². The summed E-state index contributed by atoms with van der Waals surface area (Å²) >= 11 is 0. The number of allylic oxidation sites excluding steroid dienone is 3. The number of carbonyl (C=O) groups is 4. The molecule has 10 nitrogen and oxygen atoms in total. The zero-order chi connectivity index (χ0) is 29.3. The summed E-state index contributed by atoms with van der Waals surface area (Å²) in [6.45, 7) is 7.15. The third-order valence-corrected chi connectivity index (χ3v) is 6.16. The van der Waals surface area contributed by atoms with E-state index in [1.165, 1.54) is 24.4 Å². The van der Waals surface area contributed by atoms with Crippen molar-refractivity contribution in [1.29, 1.82) is 0 Å². The molecule has 40 heavy (non-hydrogen) atoms. The molecule has 1 aliphatic rings. The van der Waals surface area contributed by atoms with Crippen molar-refractivity contribution >= 4 is 29.3 Å². The first-order valence-electron chi connectivity index (χ1n) is 13.4. The van der Waals surface area contributed by atoms with Gasteiger partial charge in [-0.15, -0.1) is 0 Å². The smallest absolute Gasteiger partial charge is 0.412 e. The number of hydrogen-bond acceptors (Lipinski definition) is 7. The van der Waals surface area contributed by atoms with E-state index in [1.807, 2.05) is 37.3 Å². The second kappa shape index (κ2) is 13.6. The van der Waals surface area contributed by atoms with Gasteiger partial charge in [0.25, 0.3) is 5.56 Å². The van der Waals surface area contributed by atoms with Crippen LogP contribution in [0.15, 0.2) is 65.1 Å². The first-order chi connectivity index (χ1) is 19.0. The molecule has 0 radical (unpaired) electrons. The summed E-state index contributed by atoms with van der Waals surface area (Å²) in [6.07, 6.45) is 7.39. The third kappa shape index (κ3) is 8.33.